The highest BCUT2D eigenvalue weighted by molar-refractivity contribution is 6.02. The standard InChI is InChI=1S/C18H19FN4O4/c1-2-10-3-4-14(13(19)7-10)21-16-12(17(25)23-27-6-5-24)8-11-9-20-18(26)15(11)22-16/h3-4,7-8,24H,2,5-6,9H2,1H3,(H,20,26)(H,21,22)(H,23,25). The Kier molecular flexibility index (Phi) is 5.63. The fraction of sp³-hybridized carbons (Fsp3) is 0.278. The monoisotopic (exact) mass is 374 g/mol. The van der Waals surface area contributed by atoms with Crippen LogP contribution in [0.5, 0.6) is 0 Å². The van der Waals surface area contributed by atoms with E-state index in [0.717, 1.165) is 5.56 Å². The van der Waals surface area contributed by atoms with Crippen LogP contribution in [0.4, 0.5) is 15.9 Å². The van der Waals surface area contributed by atoms with Gasteiger partial charge in [0.05, 0.1) is 24.5 Å². The molecule has 2 aromatic rings. The van der Waals surface area contributed by atoms with E-state index in [1.54, 1.807) is 12.1 Å². The predicted octanol–water partition coefficient (Wildman–Crippen LogP) is 1.42. The number of nitrogens with one attached hydrogen (secondary N) is 3. The molecule has 0 bridgehead atoms. The number of aliphatic hydroxyl groups is 1. The molecule has 2 heterocycles. The Hall–Kier alpha value is -3.04. The molecule has 3 rings (SSSR count). The van der Waals surface area contributed by atoms with E-state index in [1.807, 2.05) is 6.92 Å². The zero-order valence-electron chi connectivity index (χ0n) is 14.6. The maximum Gasteiger partial charge on any atom is 0.278 e. The summed E-state index contributed by atoms with van der Waals surface area (Å²) in [5.41, 5.74) is 3.96. The van der Waals surface area contributed by atoms with E-state index in [4.69, 9.17) is 9.94 Å². The molecule has 0 aliphatic carbocycles. The maximum atomic E-state index is 14.3. The van der Waals surface area contributed by atoms with Crippen LogP contribution in [0, 0.1) is 5.82 Å². The summed E-state index contributed by atoms with van der Waals surface area (Å²) in [5, 5.41) is 14.1. The molecule has 0 saturated carbocycles. The fourth-order valence-corrected chi connectivity index (χ4v) is 2.64. The van der Waals surface area contributed by atoms with E-state index < -0.39 is 11.7 Å². The molecule has 1 aromatic heterocycles. The van der Waals surface area contributed by atoms with Crippen LogP contribution in [-0.2, 0) is 17.8 Å². The molecule has 2 amide bonds. The van der Waals surface area contributed by atoms with Crippen molar-refractivity contribution in [2.24, 2.45) is 0 Å². The van der Waals surface area contributed by atoms with Gasteiger partial charge in [-0.3, -0.25) is 14.4 Å². The molecule has 27 heavy (non-hydrogen) atoms. The van der Waals surface area contributed by atoms with Gasteiger partial charge in [0.15, 0.2) is 0 Å². The minimum Gasteiger partial charge on any atom is -0.394 e. The van der Waals surface area contributed by atoms with Gasteiger partial charge < -0.3 is 15.7 Å². The Balaban J connectivity index is 1.95. The van der Waals surface area contributed by atoms with Crippen LogP contribution in [0.15, 0.2) is 24.3 Å². The number of nitrogens with zero attached hydrogens (tertiary/aromatic N) is 1. The number of rotatable bonds is 7. The predicted molar refractivity (Wildman–Crippen MR) is 95.0 cm³/mol. The second kappa shape index (κ2) is 8.11. The van der Waals surface area contributed by atoms with Gasteiger partial charge in [0.25, 0.3) is 11.8 Å². The molecule has 0 fully saturated rings. The van der Waals surface area contributed by atoms with Crippen LogP contribution in [0.25, 0.3) is 0 Å². The van der Waals surface area contributed by atoms with Gasteiger partial charge in [-0.1, -0.05) is 13.0 Å². The fourth-order valence-electron chi connectivity index (χ4n) is 2.64. The van der Waals surface area contributed by atoms with E-state index in [2.05, 4.69) is 21.1 Å². The number of pyridine rings is 1. The van der Waals surface area contributed by atoms with E-state index in [9.17, 15) is 14.0 Å². The molecule has 0 saturated heterocycles. The maximum absolute atomic E-state index is 14.3. The molecular formula is C18H19FN4O4. The van der Waals surface area contributed by atoms with Gasteiger partial charge in [-0.25, -0.2) is 14.9 Å². The van der Waals surface area contributed by atoms with Gasteiger partial charge in [0, 0.05) is 12.1 Å². The largest absolute Gasteiger partial charge is 0.394 e. The number of hydroxylamine groups is 1. The van der Waals surface area contributed by atoms with E-state index >= 15 is 0 Å². The number of anilines is 2. The molecule has 9 heteroatoms. The summed E-state index contributed by atoms with van der Waals surface area (Å²) < 4.78 is 14.3. The lowest BCUT2D eigenvalue weighted by Gasteiger charge is -2.14. The van der Waals surface area contributed by atoms with E-state index in [-0.39, 0.29) is 48.4 Å². The Bertz CT molecular complexity index is 888. The summed E-state index contributed by atoms with van der Waals surface area (Å²) in [5.74, 6) is -1.47. The highest BCUT2D eigenvalue weighted by Crippen LogP contribution is 2.26. The van der Waals surface area contributed by atoms with Crippen molar-refractivity contribution in [3.05, 3.63) is 52.5 Å². The first kappa shape index (κ1) is 18.7. The number of hydrogen-bond acceptors (Lipinski definition) is 6. The summed E-state index contributed by atoms with van der Waals surface area (Å²) in [4.78, 5) is 33.3. The minimum atomic E-state index is -0.633. The number of aromatic nitrogens is 1. The summed E-state index contributed by atoms with van der Waals surface area (Å²) >= 11 is 0. The molecule has 142 valence electrons. The van der Waals surface area contributed by atoms with Crippen LogP contribution < -0.4 is 16.1 Å². The van der Waals surface area contributed by atoms with Gasteiger partial charge in [0.2, 0.25) is 0 Å². The number of amides is 2. The molecule has 0 unspecified atom stereocenters. The molecule has 4 N–H and O–H groups in total. The summed E-state index contributed by atoms with van der Waals surface area (Å²) in [7, 11) is 0. The van der Waals surface area contributed by atoms with Gasteiger partial charge in [-0.15, -0.1) is 0 Å². The second-order valence-corrected chi connectivity index (χ2v) is 5.87. The smallest absolute Gasteiger partial charge is 0.278 e. The Morgan fingerprint density at radius 2 is 2.22 bits per heavy atom. The van der Waals surface area contributed by atoms with Crippen molar-refractivity contribution in [3.8, 4) is 0 Å². The number of fused-ring (bicyclic) bond motifs is 1. The lowest BCUT2D eigenvalue weighted by molar-refractivity contribution is 0.0168. The first-order valence-corrected chi connectivity index (χ1v) is 8.44. The third-order valence-corrected chi connectivity index (χ3v) is 4.05. The van der Waals surface area contributed by atoms with E-state index in [1.165, 1.54) is 12.1 Å². The number of benzene rings is 1. The SMILES string of the molecule is CCc1ccc(Nc2nc3c(cc2C(=O)NOCCO)CNC3=O)c(F)c1. The lowest BCUT2D eigenvalue weighted by atomic mass is 10.1. The highest BCUT2D eigenvalue weighted by Gasteiger charge is 2.26. The van der Waals surface area contributed by atoms with Crippen LogP contribution in [0.3, 0.4) is 0 Å². The van der Waals surface area contributed by atoms with Crippen LogP contribution in [0.2, 0.25) is 0 Å². The highest BCUT2D eigenvalue weighted by atomic mass is 19.1. The van der Waals surface area contributed by atoms with Crippen molar-refractivity contribution in [1.29, 1.82) is 0 Å². The Morgan fingerprint density at radius 1 is 1.41 bits per heavy atom. The zero-order chi connectivity index (χ0) is 19.4. The zero-order valence-corrected chi connectivity index (χ0v) is 14.6. The van der Waals surface area contributed by atoms with Crippen molar-refractivity contribution in [1.82, 2.24) is 15.8 Å². The average molecular weight is 374 g/mol. The number of aryl methyl sites for hydroxylation is 1. The van der Waals surface area contributed by atoms with Crippen LogP contribution >= 0.6 is 0 Å². The van der Waals surface area contributed by atoms with Crippen molar-refractivity contribution in [2.75, 3.05) is 18.5 Å². The molecule has 1 aromatic carbocycles. The van der Waals surface area contributed by atoms with Crippen molar-refractivity contribution >= 4 is 23.3 Å². The molecule has 8 nitrogen and oxygen atoms in total. The number of hydrogen-bond donors (Lipinski definition) is 4. The molecule has 1 aliphatic rings. The average Bonchev–Trinajstić information content (AvgIpc) is 3.03. The first-order chi connectivity index (χ1) is 13.0. The normalized spacial score (nSPS) is 12.5. The summed E-state index contributed by atoms with van der Waals surface area (Å²) in [6, 6.07) is 6.20. The van der Waals surface area contributed by atoms with Gasteiger partial charge in [-0.2, -0.15) is 0 Å². The topological polar surface area (TPSA) is 113 Å². The quantitative estimate of drug-likeness (QED) is 0.431. The Labute approximate surface area is 154 Å². The summed E-state index contributed by atoms with van der Waals surface area (Å²) in [6.45, 7) is 1.82. The first-order valence-electron chi connectivity index (χ1n) is 8.44. The van der Waals surface area contributed by atoms with Gasteiger partial charge in [-0.05, 0) is 30.2 Å². The molecule has 1 aliphatic heterocycles. The number of carbonyl (C=O) groups is 2. The molecular weight excluding hydrogens is 355 g/mol. The molecule has 0 atom stereocenters. The molecule has 0 spiro atoms. The number of carbonyl (C=O) groups excluding carboxylic acids is 2. The third kappa shape index (κ3) is 4.04. The third-order valence-electron chi connectivity index (χ3n) is 4.05. The Morgan fingerprint density at radius 3 is 2.93 bits per heavy atom. The minimum absolute atomic E-state index is 0.0269. The van der Waals surface area contributed by atoms with Crippen LogP contribution in [0.1, 0.15) is 38.9 Å². The van der Waals surface area contributed by atoms with Crippen molar-refractivity contribution in [2.45, 2.75) is 19.9 Å². The molecule has 0 radical (unpaired) electrons. The van der Waals surface area contributed by atoms with Crippen molar-refractivity contribution in [3.63, 3.8) is 0 Å². The van der Waals surface area contributed by atoms with Crippen LogP contribution in [-0.4, -0.2) is 35.1 Å². The number of aliphatic hydroxyl groups excluding tert-OH is 1. The summed E-state index contributed by atoms with van der Waals surface area (Å²) in [6.07, 6.45) is 0.685. The van der Waals surface area contributed by atoms with E-state index in [0.29, 0.717) is 12.0 Å². The lowest BCUT2D eigenvalue weighted by Crippen LogP contribution is -2.26. The van der Waals surface area contributed by atoms with Gasteiger partial charge in [0.1, 0.15) is 17.3 Å². The van der Waals surface area contributed by atoms with Crippen molar-refractivity contribution < 1.29 is 23.9 Å². The second-order valence-electron chi connectivity index (χ2n) is 5.87. The van der Waals surface area contributed by atoms with Gasteiger partial charge >= 0.3 is 0 Å². The number of halogens is 1.